The first kappa shape index (κ1) is 13.5. The van der Waals surface area contributed by atoms with E-state index in [0.717, 1.165) is 19.3 Å². The topological polar surface area (TPSA) is 75.6 Å². The molecule has 2 N–H and O–H groups in total. The van der Waals surface area contributed by atoms with Crippen LogP contribution in [0.2, 0.25) is 0 Å². The van der Waals surface area contributed by atoms with Crippen LogP contribution < -0.4 is 5.32 Å². The van der Waals surface area contributed by atoms with Crippen LogP contribution in [0.5, 0.6) is 0 Å². The number of hydrogen-bond donors (Lipinski definition) is 2. The van der Waals surface area contributed by atoms with Crippen molar-refractivity contribution in [3.63, 3.8) is 0 Å². The molecule has 102 valence electrons. The number of methoxy groups -OCH3 is 1. The number of benzene rings is 1. The third-order valence-electron chi connectivity index (χ3n) is 3.66. The van der Waals surface area contributed by atoms with Gasteiger partial charge in [-0.3, -0.25) is 4.79 Å². The summed E-state index contributed by atoms with van der Waals surface area (Å²) in [7, 11) is 1.32. The van der Waals surface area contributed by atoms with Crippen molar-refractivity contribution in [2.24, 2.45) is 5.41 Å². The third-order valence-corrected chi connectivity index (χ3v) is 3.66. The second-order valence-corrected chi connectivity index (χ2v) is 4.82. The average molecular weight is 263 g/mol. The Morgan fingerprint density at radius 2 is 1.95 bits per heavy atom. The van der Waals surface area contributed by atoms with Crippen LogP contribution in [0.1, 0.15) is 29.6 Å². The molecule has 1 aliphatic rings. The fourth-order valence-electron chi connectivity index (χ4n) is 2.13. The Balaban J connectivity index is 2.03. The van der Waals surface area contributed by atoms with Crippen LogP contribution in [0.4, 0.5) is 5.69 Å². The van der Waals surface area contributed by atoms with E-state index >= 15 is 0 Å². The fraction of sp³-hybridized carbons (Fsp3) is 0.429. The predicted octanol–water partition coefficient (Wildman–Crippen LogP) is 1.57. The maximum Gasteiger partial charge on any atom is 0.337 e. The highest BCUT2D eigenvalue weighted by atomic mass is 16.5. The van der Waals surface area contributed by atoms with Crippen molar-refractivity contribution in [1.29, 1.82) is 0 Å². The second-order valence-electron chi connectivity index (χ2n) is 4.82. The Morgan fingerprint density at radius 1 is 1.32 bits per heavy atom. The summed E-state index contributed by atoms with van der Waals surface area (Å²) in [6.45, 7) is -0.126. The van der Waals surface area contributed by atoms with Gasteiger partial charge in [0.1, 0.15) is 0 Å². The molecule has 2 rings (SSSR count). The molecule has 0 spiro atoms. The summed E-state index contributed by atoms with van der Waals surface area (Å²) in [5.74, 6) is -0.573. The molecule has 1 fully saturated rings. The molecule has 0 saturated heterocycles. The SMILES string of the molecule is COC(=O)c1ccc(NC(=O)C2(CO)CCC2)cc1. The van der Waals surface area contributed by atoms with E-state index in [2.05, 4.69) is 10.1 Å². The largest absolute Gasteiger partial charge is 0.465 e. The molecule has 1 saturated carbocycles. The van der Waals surface area contributed by atoms with Gasteiger partial charge < -0.3 is 15.2 Å². The van der Waals surface area contributed by atoms with Crippen LogP contribution in [0, 0.1) is 5.41 Å². The van der Waals surface area contributed by atoms with Gasteiger partial charge in [-0.25, -0.2) is 4.79 Å². The predicted molar refractivity (Wildman–Crippen MR) is 69.8 cm³/mol. The Labute approximate surface area is 111 Å². The number of aliphatic hydroxyl groups is 1. The van der Waals surface area contributed by atoms with Crippen molar-refractivity contribution in [3.05, 3.63) is 29.8 Å². The molecule has 0 heterocycles. The molecule has 1 aromatic rings. The van der Waals surface area contributed by atoms with Crippen LogP contribution in [0.15, 0.2) is 24.3 Å². The van der Waals surface area contributed by atoms with E-state index < -0.39 is 11.4 Å². The number of anilines is 1. The zero-order valence-electron chi connectivity index (χ0n) is 10.8. The molecule has 5 nitrogen and oxygen atoms in total. The van der Waals surface area contributed by atoms with Crippen LogP contribution in [0.3, 0.4) is 0 Å². The minimum atomic E-state index is -0.624. The number of rotatable bonds is 4. The lowest BCUT2D eigenvalue weighted by atomic mass is 9.68. The molecule has 0 aliphatic heterocycles. The number of esters is 1. The van der Waals surface area contributed by atoms with Crippen molar-refractivity contribution in [2.75, 3.05) is 19.0 Å². The number of hydrogen-bond acceptors (Lipinski definition) is 4. The smallest absolute Gasteiger partial charge is 0.337 e. The van der Waals surface area contributed by atoms with Gasteiger partial charge in [0, 0.05) is 5.69 Å². The molecular weight excluding hydrogens is 246 g/mol. The highest BCUT2D eigenvalue weighted by Gasteiger charge is 2.43. The van der Waals surface area contributed by atoms with Crippen molar-refractivity contribution in [1.82, 2.24) is 0 Å². The number of amides is 1. The Kier molecular flexibility index (Phi) is 3.85. The molecule has 1 aliphatic carbocycles. The first-order valence-corrected chi connectivity index (χ1v) is 6.22. The van der Waals surface area contributed by atoms with E-state index in [1.165, 1.54) is 7.11 Å². The fourth-order valence-corrected chi connectivity index (χ4v) is 2.13. The van der Waals surface area contributed by atoms with E-state index in [1.807, 2.05) is 0 Å². The maximum atomic E-state index is 12.1. The molecule has 19 heavy (non-hydrogen) atoms. The van der Waals surface area contributed by atoms with Crippen molar-refractivity contribution in [2.45, 2.75) is 19.3 Å². The van der Waals surface area contributed by atoms with Crippen LogP contribution in [-0.4, -0.2) is 30.7 Å². The Morgan fingerprint density at radius 3 is 2.37 bits per heavy atom. The summed E-state index contributed by atoms with van der Waals surface area (Å²) in [6.07, 6.45) is 2.40. The van der Waals surface area contributed by atoms with E-state index in [1.54, 1.807) is 24.3 Å². The summed E-state index contributed by atoms with van der Waals surface area (Å²) in [5, 5.41) is 12.1. The molecule has 5 heteroatoms. The molecule has 1 aromatic carbocycles. The lowest BCUT2D eigenvalue weighted by Crippen LogP contribution is -2.44. The molecule has 0 unspecified atom stereocenters. The van der Waals surface area contributed by atoms with E-state index in [4.69, 9.17) is 0 Å². The van der Waals surface area contributed by atoms with E-state index in [-0.39, 0.29) is 12.5 Å². The number of ether oxygens (including phenoxy) is 1. The van der Waals surface area contributed by atoms with Gasteiger partial charge in [0.15, 0.2) is 0 Å². The van der Waals surface area contributed by atoms with Crippen LogP contribution in [0.25, 0.3) is 0 Å². The van der Waals surface area contributed by atoms with Gasteiger partial charge in [0.05, 0.1) is 24.7 Å². The first-order chi connectivity index (χ1) is 9.11. The van der Waals surface area contributed by atoms with Gasteiger partial charge in [-0.1, -0.05) is 6.42 Å². The molecule has 0 bridgehead atoms. The first-order valence-electron chi connectivity index (χ1n) is 6.22. The number of carbonyl (C=O) groups excluding carboxylic acids is 2. The third kappa shape index (κ3) is 2.61. The molecule has 1 amide bonds. The maximum absolute atomic E-state index is 12.1. The standard InChI is InChI=1S/C14H17NO4/c1-19-12(17)10-3-5-11(6-4-10)15-13(18)14(9-16)7-2-8-14/h3-6,16H,2,7-9H2,1H3,(H,15,18). The highest BCUT2D eigenvalue weighted by molar-refractivity contribution is 5.96. The molecule has 0 atom stereocenters. The quantitative estimate of drug-likeness (QED) is 0.809. The number of nitrogens with one attached hydrogen (secondary N) is 1. The molecule has 0 aromatic heterocycles. The van der Waals surface area contributed by atoms with Gasteiger partial charge >= 0.3 is 5.97 Å². The van der Waals surface area contributed by atoms with Gasteiger partial charge in [-0.05, 0) is 37.1 Å². The highest BCUT2D eigenvalue weighted by Crippen LogP contribution is 2.41. The van der Waals surface area contributed by atoms with Crippen molar-refractivity contribution in [3.8, 4) is 0 Å². The monoisotopic (exact) mass is 263 g/mol. The van der Waals surface area contributed by atoms with Crippen LogP contribution >= 0.6 is 0 Å². The van der Waals surface area contributed by atoms with E-state index in [0.29, 0.717) is 11.3 Å². The van der Waals surface area contributed by atoms with Crippen LogP contribution in [-0.2, 0) is 9.53 Å². The minimum absolute atomic E-state index is 0.126. The zero-order chi connectivity index (χ0) is 13.9. The van der Waals surface area contributed by atoms with Crippen molar-refractivity contribution < 1.29 is 19.4 Å². The van der Waals surface area contributed by atoms with Gasteiger partial charge in [0.2, 0.25) is 5.91 Å². The summed E-state index contributed by atoms with van der Waals surface area (Å²) >= 11 is 0. The lowest BCUT2D eigenvalue weighted by molar-refractivity contribution is -0.133. The normalized spacial score (nSPS) is 16.3. The Hall–Kier alpha value is -1.88. The summed E-state index contributed by atoms with van der Waals surface area (Å²) in [4.78, 5) is 23.3. The Bertz CT molecular complexity index is 471. The minimum Gasteiger partial charge on any atom is -0.465 e. The van der Waals surface area contributed by atoms with Gasteiger partial charge in [-0.15, -0.1) is 0 Å². The van der Waals surface area contributed by atoms with Gasteiger partial charge in [0.25, 0.3) is 0 Å². The number of carbonyl (C=O) groups is 2. The molecule has 0 radical (unpaired) electrons. The summed E-state index contributed by atoms with van der Waals surface area (Å²) in [5.41, 5.74) is 0.416. The van der Waals surface area contributed by atoms with Crippen molar-refractivity contribution >= 4 is 17.6 Å². The van der Waals surface area contributed by atoms with E-state index in [9.17, 15) is 14.7 Å². The van der Waals surface area contributed by atoms with Gasteiger partial charge in [-0.2, -0.15) is 0 Å². The second kappa shape index (κ2) is 5.40. The molecular formula is C14H17NO4. The lowest BCUT2D eigenvalue weighted by Gasteiger charge is -2.38. The number of aliphatic hydroxyl groups excluding tert-OH is 1. The zero-order valence-corrected chi connectivity index (χ0v) is 10.8. The average Bonchev–Trinajstić information content (AvgIpc) is 2.38. The summed E-state index contributed by atoms with van der Waals surface area (Å²) < 4.78 is 4.60. The summed E-state index contributed by atoms with van der Waals surface area (Å²) in [6, 6.07) is 6.48.